The number of fused-ring (bicyclic) bond motifs is 1. The first kappa shape index (κ1) is 9.54. The average Bonchev–Trinajstić information content (AvgIpc) is 2.93. The Morgan fingerprint density at radius 2 is 2.00 bits per heavy atom. The Morgan fingerprint density at radius 1 is 1.18 bits per heavy atom. The largest absolute Gasteiger partial charge is 0.295 e. The van der Waals surface area contributed by atoms with Crippen molar-refractivity contribution < 1.29 is 0 Å². The zero-order chi connectivity index (χ0) is 11.2. The van der Waals surface area contributed by atoms with Crippen LogP contribution in [-0.4, -0.2) is 9.38 Å². The van der Waals surface area contributed by atoms with E-state index in [9.17, 15) is 0 Å². The van der Waals surface area contributed by atoms with Gasteiger partial charge in [0.25, 0.3) is 0 Å². The SMILES string of the molecule is C1=C[SH](c2nc(C3CC3)c3ccccn23)C=C1. The van der Waals surface area contributed by atoms with Gasteiger partial charge in [0.2, 0.25) is 0 Å². The molecule has 0 N–H and O–H groups in total. The van der Waals surface area contributed by atoms with Crippen molar-refractivity contribution in [2.75, 3.05) is 0 Å². The molecule has 2 aromatic heterocycles. The monoisotopic (exact) mass is 242 g/mol. The number of pyridine rings is 1. The Labute approximate surface area is 103 Å². The molecule has 0 radical (unpaired) electrons. The van der Waals surface area contributed by atoms with Crippen LogP contribution in [-0.2, 0) is 0 Å². The van der Waals surface area contributed by atoms with Crippen LogP contribution in [0.2, 0.25) is 0 Å². The number of imidazole rings is 1. The van der Waals surface area contributed by atoms with Crippen LogP contribution in [0, 0.1) is 0 Å². The summed E-state index contributed by atoms with van der Waals surface area (Å²) in [5.74, 6) is 0.715. The molecule has 1 fully saturated rings. The summed E-state index contributed by atoms with van der Waals surface area (Å²) < 4.78 is 2.28. The van der Waals surface area contributed by atoms with Crippen molar-refractivity contribution in [1.82, 2.24) is 9.38 Å². The van der Waals surface area contributed by atoms with Gasteiger partial charge in [-0.2, -0.15) is 10.9 Å². The topological polar surface area (TPSA) is 17.3 Å². The normalized spacial score (nSPS) is 20.6. The molecule has 1 saturated carbocycles. The van der Waals surface area contributed by atoms with Crippen LogP contribution in [0.25, 0.3) is 5.52 Å². The summed E-state index contributed by atoms with van der Waals surface area (Å²) in [6.07, 6.45) is 9.03. The lowest BCUT2D eigenvalue weighted by atomic mass is 10.2. The molecule has 0 amide bonds. The summed E-state index contributed by atoms with van der Waals surface area (Å²) in [6, 6.07) is 6.40. The third kappa shape index (κ3) is 1.46. The van der Waals surface area contributed by atoms with Crippen molar-refractivity contribution >= 4 is 16.4 Å². The van der Waals surface area contributed by atoms with E-state index in [1.54, 1.807) is 0 Å². The second-order valence-electron chi connectivity index (χ2n) is 4.62. The summed E-state index contributed by atoms with van der Waals surface area (Å²) in [5.41, 5.74) is 2.62. The van der Waals surface area contributed by atoms with Gasteiger partial charge in [-0.1, -0.05) is 18.2 Å². The highest BCUT2D eigenvalue weighted by molar-refractivity contribution is 8.22. The van der Waals surface area contributed by atoms with E-state index in [1.807, 2.05) is 0 Å². The molecule has 0 unspecified atom stereocenters. The molecule has 0 spiro atoms. The van der Waals surface area contributed by atoms with Crippen LogP contribution in [0.4, 0.5) is 0 Å². The Kier molecular flexibility index (Phi) is 1.97. The predicted octanol–water partition coefficient (Wildman–Crippen LogP) is 3.61. The molecule has 2 aliphatic rings. The molecule has 0 aromatic carbocycles. The summed E-state index contributed by atoms with van der Waals surface area (Å²) in [6.45, 7) is 0. The highest BCUT2D eigenvalue weighted by Crippen LogP contribution is 2.46. The molecule has 86 valence electrons. The van der Waals surface area contributed by atoms with E-state index < -0.39 is 0 Å². The Morgan fingerprint density at radius 3 is 2.76 bits per heavy atom. The first-order chi connectivity index (χ1) is 8.43. The van der Waals surface area contributed by atoms with Gasteiger partial charge in [-0.25, -0.2) is 4.98 Å². The minimum atomic E-state index is -0.325. The minimum Gasteiger partial charge on any atom is -0.295 e. The number of nitrogens with zero attached hydrogens (tertiary/aromatic N) is 2. The average molecular weight is 242 g/mol. The molecule has 1 aliphatic carbocycles. The quantitative estimate of drug-likeness (QED) is 0.796. The molecule has 0 atom stereocenters. The summed E-state index contributed by atoms with van der Waals surface area (Å²) in [4.78, 5) is 4.92. The number of aromatic nitrogens is 2. The van der Waals surface area contributed by atoms with Crippen molar-refractivity contribution in [3.63, 3.8) is 0 Å². The third-order valence-corrected chi connectivity index (χ3v) is 5.12. The van der Waals surface area contributed by atoms with Crippen molar-refractivity contribution in [2.24, 2.45) is 0 Å². The van der Waals surface area contributed by atoms with Crippen LogP contribution < -0.4 is 0 Å². The van der Waals surface area contributed by atoms with Gasteiger partial charge in [0.1, 0.15) is 0 Å². The van der Waals surface area contributed by atoms with E-state index in [4.69, 9.17) is 4.98 Å². The maximum atomic E-state index is 4.92. The van der Waals surface area contributed by atoms with Crippen molar-refractivity contribution in [1.29, 1.82) is 0 Å². The summed E-state index contributed by atoms with van der Waals surface area (Å²) in [7, 11) is -0.325. The lowest BCUT2D eigenvalue weighted by Gasteiger charge is -2.07. The fraction of sp³-hybridized carbons (Fsp3) is 0.214. The minimum absolute atomic E-state index is 0.325. The van der Waals surface area contributed by atoms with E-state index in [0.717, 1.165) is 0 Å². The van der Waals surface area contributed by atoms with Gasteiger partial charge in [-0.3, -0.25) is 4.40 Å². The lowest BCUT2D eigenvalue weighted by Crippen LogP contribution is -1.87. The highest BCUT2D eigenvalue weighted by atomic mass is 32.2. The van der Waals surface area contributed by atoms with Crippen LogP contribution in [0.1, 0.15) is 24.5 Å². The summed E-state index contributed by atoms with van der Waals surface area (Å²) in [5, 5.41) is 5.77. The summed E-state index contributed by atoms with van der Waals surface area (Å²) >= 11 is 0. The molecule has 2 aromatic rings. The van der Waals surface area contributed by atoms with Gasteiger partial charge in [-0.15, -0.1) is 0 Å². The molecular formula is C14H14N2S. The molecular weight excluding hydrogens is 228 g/mol. The van der Waals surface area contributed by atoms with E-state index >= 15 is 0 Å². The Hall–Kier alpha value is -1.48. The van der Waals surface area contributed by atoms with Gasteiger partial charge in [-0.05, 0) is 35.8 Å². The fourth-order valence-corrected chi connectivity index (χ4v) is 3.93. The second-order valence-corrected chi connectivity index (χ2v) is 6.43. The standard InChI is InChI=1S/C14H14N2S/c1-2-8-16-12(5-1)13(11-6-7-11)15-14(16)17-9-3-4-10-17/h1-5,8-11,17H,6-7H2. The van der Waals surface area contributed by atoms with Crippen LogP contribution in [0.5, 0.6) is 0 Å². The molecule has 4 rings (SSSR count). The smallest absolute Gasteiger partial charge is 0.159 e. The highest BCUT2D eigenvalue weighted by Gasteiger charge is 2.29. The van der Waals surface area contributed by atoms with Crippen LogP contribution in [0.3, 0.4) is 0 Å². The molecule has 3 heterocycles. The molecule has 0 bridgehead atoms. The van der Waals surface area contributed by atoms with E-state index in [2.05, 4.69) is 51.8 Å². The number of hydrogen-bond donors (Lipinski definition) is 1. The van der Waals surface area contributed by atoms with E-state index in [-0.39, 0.29) is 10.9 Å². The maximum absolute atomic E-state index is 4.92. The van der Waals surface area contributed by atoms with Gasteiger partial charge < -0.3 is 0 Å². The van der Waals surface area contributed by atoms with Gasteiger partial charge in [0.15, 0.2) is 5.16 Å². The van der Waals surface area contributed by atoms with Gasteiger partial charge in [0.05, 0.1) is 11.2 Å². The Bertz CT molecular complexity index is 623. The molecule has 1 aliphatic heterocycles. The maximum Gasteiger partial charge on any atom is 0.159 e. The molecule has 17 heavy (non-hydrogen) atoms. The fourth-order valence-electron chi connectivity index (χ4n) is 2.35. The van der Waals surface area contributed by atoms with E-state index in [1.165, 1.54) is 29.2 Å². The molecule has 2 nitrogen and oxygen atoms in total. The van der Waals surface area contributed by atoms with Gasteiger partial charge >= 0.3 is 0 Å². The molecule has 0 saturated heterocycles. The van der Waals surface area contributed by atoms with Crippen molar-refractivity contribution in [2.45, 2.75) is 23.9 Å². The number of allylic oxidation sites excluding steroid dienone is 2. The lowest BCUT2D eigenvalue weighted by molar-refractivity contribution is 0.934. The van der Waals surface area contributed by atoms with Crippen molar-refractivity contribution in [3.8, 4) is 0 Å². The first-order valence-corrected chi connectivity index (χ1v) is 7.52. The van der Waals surface area contributed by atoms with Gasteiger partial charge in [0, 0.05) is 12.1 Å². The zero-order valence-corrected chi connectivity index (χ0v) is 10.3. The zero-order valence-electron chi connectivity index (χ0n) is 9.45. The number of hydrogen-bond acceptors (Lipinski definition) is 1. The third-order valence-electron chi connectivity index (χ3n) is 3.36. The number of rotatable bonds is 2. The van der Waals surface area contributed by atoms with E-state index in [0.29, 0.717) is 5.92 Å². The van der Waals surface area contributed by atoms with Crippen LogP contribution >= 0.6 is 10.9 Å². The number of thiol groups is 1. The molecule has 3 heteroatoms. The Balaban J connectivity index is 1.96. The second kappa shape index (κ2) is 3.50. The predicted molar refractivity (Wildman–Crippen MR) is 72.7 cm³/mol. The van der Waals surface area contributed by atoms with Crippen molar-refractivity contribution in [3.05, 3.63) is 53.1 Å². The first-order valence-electron chi connectivity index (χ1n) is 6.04. The van der Waals surface area contributed by atoms with Crippen LogP contribution in [0.15, 0.2) is 52.5 Å².